The highest BCUT2D eigenvalue weighted by Crippen LogP contribution is 2.36. The van der Waals surface area contributed by atoms with Crippen LogP contribution in [-0.2, 0) is 16.6 Å². The molecule has 0 saturated heterocycles. The molecule has 2 aromatic carbocycles. The van der Waals surface area contributed by atoms with E-state index >= 15 is 0 Å². The third kappa shape index (κ3) is 5.20. The predicted molar refractivity (Wildman–Crippen MR) is 118 cm³/mol. The number of alkyl halides is 3. The maximum atomic E-state index is 12.6. The summed E-state index contributed by atoms with van der Waals surface area (Å²) in [5.74, 6) is 0.0697. The molecule has 3 rings (SSSR count). The molecular weight excluding hydrogens is 459 g/mol. The molecule has 0 unspecified atom stereocenters. The molecule has 0 spiro atoms. The van der Waals surface area contributed by atoms with Gasteiger partial charge in [0.2, 0.25) is 5.91 Å². The second-order valence-electron chi connectivity index (χ2n) is 7.24. The summed E-state index contributed by atoms with van der Waals surface area (Å²) in [6, 6.07) is 13.9. The van der Waals surface area contributed by atoms with Gasteiger partial charge in [-0.05, 0) is 48.4 Å². The van der Waals surface area contributed by atoms with E-state index in [0.717, 1.165) is 22.3 Å². The Labute approximate surface area is 189 Å². The van der Waals surface area contributed by atoms with Gasteiger partial charge in [0.25, 0.3) is 0 Å². The number of halogens is 3. The minimum atomic E-state index is -5.45. The lowest BCUT2D eigenvalue weighted by molar-refractivity contribution is -0.0447. The lowest BCUT2D eigenvalue weighted by Crippen LogP contribution is -2.38. The first-order valence-corrected chi connectivity index (χ1v) is 11.2. The van der Waals surface area contributed by atoms with Crippen LogP contribution in [0.25, 0.3) is 22.4 Å². The summed E-state index contributed by atoms with van der Waals surface area (Å²) < 4.78 is 69.0. The van der Waals surface area contributed by atoms with E-state index in [2.05, 4.69) is 0 Å². The SMILES string of the molecule is COc1ccc(-c2ccn(CCNS(=O)(=O)C(F)(F)F)c2-c2ccc(C(N)=O)cc2C)cc1. The highest BCUT2D eigenvalue weighted by atomic mass is 32.2. The zero-order chi connectivity index (χ0) is 24.4. The molecule has 0 atom stereocenters. The van der Waals surface area contributed by atoms with Crippen molar-refractivity contribution in [2.75, 3.05) is 13.7 Å². The molecule has 3 aromatic rings. The molecule has 1 amide bonds. The smallest absolute Gasteiger partial charge is 0.497 e. The first-order valence-electron chi connectivity index (χ1n) is 9.75. The Morgan fingerprint density at radius 3 is 2.30 bits per heavy atom. The summed E-state index contributed by atoms with van der Waals surface area (Å²) in [4.78, 5) is 11.5. The second-order valence-corrected chi connectivity index (χ2v) is 9.00. The Kier molecular flexibility index (Phi) is 6.84. The third-order valence-electron chi connectivity index (χ3n) is 5.08. The summed E-state index contributed by atoms with van der Waals surface area (Å²) in [5, 5.41) is 0. The maximum Gasteiger partial charge on any atom is 0.511 e. The van der Waals surface area contributed by atoms with Crippen molar-refractivity contribution < 1.29 is 31.1 Å². The molecule has 0 radical (unpaired) electrons. The number of nitrogens with one attached hydrogen (secondary N) is 1. The third-order valence-corrected chi connectivity index (χ3v) is 6.27. The van der Waals surface area contributed by atoms with Gasteiger partial charge in [0.15, 0.2) is 0 Å². The van der Waals surface area contributed by atoms with Crippen LogP contribution >= 0.6 is 0 Å². The number of sulfonamides is 1. The van der Waals surface area contributed by atoms with Crippen LogP contribution in [0.1, 0.15) is 15.9 Å². The number of aryl methyl sites for hydroxylation is 1. The largest absolute Gasteiger partial charge is 0.511 e. The minimum Gasteiger partial charge on any atom is -0.497 e. The fourth-order valence-corrected chi connectivity index (χ4v) is 3.95. The van der Waals surface area contributed by atoms with Gasteiger partial charge in [0.05, 0.1) is 12.8 Å². The van der Waals surface area contributed by atoms with E-state index in [1.54, 1.807) is 65.9 Å². The Hall–Kier alpha value is -3.31. The first-order chi connectivity index (χ1) is 15.4. The molecule has 0 saturated carbocycles. The van der Waals surface area contributed by atoms with Crippen LogP contribution in [0, 0.1) is 6.92 Å². The predicted octanol–water partition coefficient (Wildman–Crippen LogP) is 3.68. The molecule has 0 aliphatic heterocycles. The quantitative estimate of drug-likeness (QED) is 0.512. The van der Waals surface area contributed by atoms with Crippen molar-refractivity contribution in [1.82, 2.24) is 9.29 Å². The number of methoxy groups -OCH3 is 1. The average molecular weight is 481 g/mol. The van der Waals surface area contributed by atoms with E-state index < -0.39 is 28.0 Å². The van der Waals surface area contributed by atoms with Gasteiger partial charge in [0.1, 0.15) is 5.75 Å². The molecule has 176 valence electrons. The zero-order valence-corrected chi connectivity index (χ0v) is 18.6. The van der Waals surface area contributed by atoms with Gasteiger partial charge in [0, 0.05) is 36.0 Å². The van der Waals surface area contributed by atoms with Crippen molar-refractivity contribution >= 4 is 15.9 Å². The van der Waals surface area contributed by atoms with E-state index in [1.165, 1.54) is 0 Å². The Balaban J connectivity index is 2.04. The van der Waals surface area contributed by atoms with Gasteiger partial charge in [-0.2, -0.15) is 13.2 Å². The van der Waals surface area contributed by atoms with Crippen molar-refractivity contribution in [2.45, 2.75) is 19.0 Å². The maximum absolute atomic E-state index is 12.6. The van der Waals surface area contributed by atoms with Crippen molar-refractivity contribution in [2.24, 2.45) is 5.73 Å². The number of rotatable bonds is 8. The molecule has 7 nitrogen and oxygen atoms in total. The molecule has 0 fully saturated rings. The number of ether oxygens (including phenoxy) is 1. The molecule has 0 bridgehead atoms. The fourth-order valence-electron chi connectivity index (χ4n) is 3.43. The molecule has 0 aliphatic rings. The van der Waals surface area contributed by atoms with E-state index in [4.69, 9.17) is 10.5 Å². The summed E-state index contributed by atoms with van der Waals surface area (Å²) in [6.07, 6.45) is 1.66. The monoisotopic (exact) mass is 481 g/mol. The summed E-state index contributed by atoms with van der Waals surface area (Å²) >= 11 is 0. The van der Waals surface area contributed by atoms with E-state index in [0.29, 0.717) is 17.0 Å². The van der Waals surface area contributed by atoms with Crippen molar-refractivity contribution in [1.29, 1.82) is 0 Å². The number of carbonyl (C=O) groups excluding carboxylic acids is 1. The van der Waals surface area contributed by atoms with Gasteiger partial charge in [-0.25, -0.2) is 13.1 Å². The number of aromatic nitrogens is 1. The Morgan fingerprint density at radius 2 is 1.76 bits per heavy atom. The number of amides is 1. The van der Waals surface area contributed by atoms with Crippen LogP contribution in [-0.4, -0.2) is 38.1 Å². The molecule has 0 aliphatic carbocycles. The van der Waals surface area contributed by atoms with E-state index in [1.807, 2.05) is 12.1 Å². The van der Waals surface area contributed by atoms with Gasteiger partial charge in [-0.15, -0.1) is 0 Å². The zero-order valence-electron chi connectivity index (χ0n) is 17.8. The van der Waals surface area contributed by atoms with Crippen LogP contribution in [0.15, 0.2) is 54.7 Å². The minimum absolute atomic E-state index is 0.0577. The highest BCUT2D eigenvalue weighted by Gasteiger charge is 2.45. The van der Waals surface area contributed by atoms with Crippen LogP contribution in [0.5, 0.6) is 5.75 Å². The number of primary amides is 1. The standard InChI is InChI=1S/C22H22F3N3O4S/c1-14-13-16(21(26)29)5-8-18(14)20-19(15-3-6-17(32-2)7-4-15)9-11-28(20)12-10-27-33(30,31)22(23,24)25/h3-9,11,13,27H,10,12H2,1-2H3,(H2,26,29). The van der Waals surface area contributed by atoms with E-state index in [-0.39, 0.29) is 6.54 Å². The lowest BCUT2D eigenvalue weighted by atomic mass is 9.96. The number of benzene rings is 2. The molecule has 11 heteroatoms. The molecule has 1 aromatic heterocycles. The van der Waals surface area contributed by atoms with Crippen molar-refractivity contribution in [3.05, 3.63) is 65.9 Å². The normalized spacial score (nSPS) is 12.0. The molecule has 1 heterocycles. The van der Waals surface area contributed by atoms with Gasteiger partial charge in [-0.1, -0.05) is 18.2 Å². The van der Waals surface area contributed by atoms with Gasteiger partial charge >= 0.3 is 15.5 Å². The van der Waals surface area contributed by atoms with Gasteiger partial charge < -0.3 is 15.0 Å². The van der Waals surface area contributed by atoms with Crippen molar-refractivity contribution in [3.8, 4) is 28.1 Å². The fraction of sp³-hybridized carbons (Fsp3) is 0.227. The van der Waals surface area contributed by atoms with Crippen molar-refractivity contribution in [3.63, 3.8) is 0 Å². The molecule has 33 heavy (non-hydrogen) atoms. The number of nitrogens with two attached hydrogens (primary N) is 1. The number of hydrogen-bond donors (Lipinski definition) is 2. The van der Waals surface area contributed by atoms with Crippen LogP contribution in [0.2, 0.25) is 0 Å². The number of carbonyl (C=O) groups is 1. The van der Waals surface area contributed by atoms with Crippen LogP contribution < -0.4 is 15.2 Å². The van der Waals surface area contributed by atoms with Crippen LogP contribution in [0.3, 0.4) is 0 Å². The lowest BCUT2D eigenvalue weighted by Gasteiger charge is -2.16. The molecule has 3 N–H and O–H groups in total. The Bertz CT molecular complexity index is 1270. The van der Waals surface area contributed by atoms with Gasteiger partial charge in [-0.3, -0.25) is 4.79 Å². The number of hydrogen-bond acceptors (Lipinski definition) is 4. The van der Waals surface area contributed by atoms with E-state index in [9.17, 15) is 26.4 Å². The summed E-state index contributed by atoms with van der Waals surface area (Å²) in [6.45, 7) is 1.26. The number of nitrogens with zero attached hydrogens (tertiary/aromatic N) is 1. The topological polar surface area (TPSA) is 103 Å². The second kappa shape index (κ2) is 9.28. The molecular formula is C22H22F3N3O4S. The summed E-state index contributed by atoms with van der Waals surface area (Å²) in [5.41, 5.74) is 3.97. The average Bonchev–Trinajstić information content (AvgIpc) is 3.16. The Morgan fingerprint density at radius 1 is 1.09 bits per heavy atom. The van der Waals surface area contributed by atoms with Crippen LogP contribution in [0.4, 0.5) is 13.2 Å². The highest BCUT2D eigenvalue weighted by molar-refractivity contribution is 7.90. The first kappa shape index (κ1) is 24.3. The summed E-state index contributed by atoms with van der Waals surface area (Å²) in [7, 11) is -3.91.